The van der Waals surface area contributed by atoms with E-state index in [9.17, 15) is 29.2 Å². The van der Waals surface area contributed by atoms with Gasteiger partial charge in [-0.25, -0.2) is 23.5 Å². The molecule has 17 heteroatoms. The molecule has 8 rings (SSSR count). The molecule has 2 aromatic carbocycles. The van der Waals surface area contributed by atoms with E-state index in [0.29, 0.717) is 51.2 Å². The summed E-state index contributed by atoms with van der Waals surface area (Å²) in [5, 5.41) is 23.8. The number of pyridine rings is 2. The zero-order valence-electron chi connectivity index (χ0n) is 28.8. The number of aryl methyl sites for hydroxylation is 1. The first kappa shape index (κ1) is 35.6. The summed E-state index contributed by atoms with van der Waals surface area (Å²) < 4.78 is 24.6. The quantitative estimate of drug-likeness (QED) is 0.112. The van der Waals surface area contributed by atoms with E-state index in [-0.39, 0.29) is 32.8 Å². The van der Waals surface area contributed by atoms with Crippen molar-refractivity contribution in [1.29, 1.82) is 5.26 Å². The number of hydrogen-bond acceptors (Lipinski definition) is 10. The van der Waals surface area contributed by atoms with Gasteiger partial charge < -0.3 is 24.4 Å². The molecule has 15 nitrogen and oxygen atoms in total. The summed E-state index contributed by atoms with van der Waals surface area (Å²) in [6, 6.07) is 12.7. The Kier molecular flexibility index (Phi) is 8.88. The second kappa shape index (κ2) is 13.0. The fraction of sp³-hybridized carbons (Fsp3) is 0.371. The number of carbonyl (C=O) groups is 1. The van der Waals surface area contributed by atoms with Gasteiger partial charge in [0.2, 0.25) is 6.79 Å². The van der Waals surface area contributed by atoms with Crippen LogP contribution in [0.25, 0.3) is 21.7 Å². The van der Waals surface area contributed by atoms with Crippen molar-refractivity contribution in [3.05, 3.63) is 87.1 Å². The molecule has 0 saturated heterocycles. The number of fused-ring (bicyclic) bond motifs is 2. The number of carbonyl (C=O) groups excluding carboxylic acids is 1. The number of aromatic nitrogens is 5. The molecule has 3 N–H and O–H groups in total. The van der Waals surface area contributed by atoms with Crippen LogP contribution in [0, 0.1) is 22.7 Å². The molecule has 3 heterocycles. The van der Waals surface area contributed by atoms with E-state index in [1.807, 2.05) is 25.5 Å². The number of nitriles is 1. The Balaban J connectivity index is 1.42. The largest absolute Gasteiger partial charge is 0.472 e. The predicted octanol–water partition coefficient (Wildman–Crippen LogP) is 5.97. The van der Waals surface area contributed by atoms with Crippen LogP contribution >= 0.6 is 19.4 Å². The van der Waals surface area contributed by atoms with E-state index in [2.05, 4.69) is 31.2 Å². The highest BCUT2D eigenvalue weighted by Gasteiger charge is 2.59. The lowest BCUT2D eigenvalue weighted by atomic mass is 9.50. The molecule has 0 aliphatic heterocycles. The highest BCUT2D eigenvalue weighted by Crippen LogP contribution is 2.62. The summed E-state index contributed by atoms with van der Waals surface area (Å²) in [4.78, 5) is 52.1. The number of nitrogens with one attached hydrogen (secondary N) is 1. The minimum atomic E-state index is -5.01. The summed E-state index contributed by atoms with van der Waals surface area (Å²) in [6.07, 6.45) is 5.23. The Labute approximate surface area is 303 Å². The van der Waals surface area contributed by atoms with Gasteiger partial charge in [0.1, 0.15) is 23.6 Å². The van der Waals surface area contributed by atoms with Gasteiger partial charge in [-0.2, -0.15) is 5.26 Å². The van der Waals surface area contributed by atoms with Crippen LogP contribution in [-0.2, 0) is 26.4 Å². The molecule has 3 aliphatic rings. The number of halogens is 1. The number of phosphoric acid groups is 1. The maximum atomic E-state index is 14.3. The first-order valence-electron chi connectivity index (χ1n) is 16.5. The fourth-order valence-corrected chi connectivity index (χ4v) is 7.38. The van der Waals surface area contributed by atoms with Crippen molar-refractivity contribution < 1.29 is 28.4 Å². The molecular weight excluding hydrogens is 711 g/mol. The van der Waals surface area contributed by atoms with Crippen molar-refractivity contribution in [2.24, 2.45) is 18.4 Å². The van der Waals surface area contributed by atoms with E-state index in [1.165, 1.54) is 15.5 Å². The molecule has 3 aliphatic carbocycles. The highest BCUT2D eigenvalue weighted by atomic mass is 35.5. The molecule has 1 unspecified atom stereocenters. The van der Waals surface area contributed by atoms with Crippen LogP contribution in [0.4, 0.5) is 16.3 Å². The molecule has 0 spiro atoms. The van der Waals surface area contributed by atoms with Gasteiger partial charge in [0, 0.05) is 30.6 Å². The van der Waals surface area contributed by atoms with Crippen molar-refractivity contribution >= 4 is 58.7 Å². The Morgan fingerprint density at radius 1 is 1.21 bits per heavy atom. The van der Waals surface area contributed by atoms with Crippen LogP contribution in [0.1, 0.15) is 62.9 Å². The maximum absolute atomic E-state index is 14.3. The molecule has 3 fully saturated rings. The highest BCUT2D eigenvalue weighted by molar-refractivity contribution is 7.46. The molecule has 3 saturated carbocycles. The van der Waals surface area contributed by atoms with Crippen molar-refractivity contribution in [3.8, 4) is 6.07 Å². The molecular formula is C35H36ClN8O7P. The van der Waals surface area contributed by atoms with Gasteiger partial charge in [-0.3, -0.25) is 9.69 Å². The standard InChI is InChI=1S/C35H36ClN8O7P/c1-34(2,3)18-38-31-22(16-37)10-21-11-23(12-27(36)29(21)39-31)44(33(46)50-19-51-52(47,48)49)30(28-17-43(41-40-28)35-13-20(14-35)15-35)25-6-5-7-26-24(25)8-9-42(4)32(26)45/h5-12,17,20,30H,13-15,18-19H2,1-4H3,(H,38,39)(H2,47,48,49). The molecule has 2 bridgehead atoms. The van der Waals surface area contributed by atoms with Crippen LogP contribution in [0.3, 0.4) is 0 Å². The molecule has 3 aromatic heterocycles. The van der Waals surface area contributed by atoms with Crippen LogP contribution in [-0.4, -0.2) is 53.8 Å². The molecule has 0 radical (unpaired) electrons. The summed E-state index contributed by atoms with van der Waals surface area (Å²) in [7, 11) is -3.37. The number of nitrogens with zero attached hydrogens (tertiary/aromatic N) is 7. The van der Waals surface area contributed by atoms with E-state index in [4.69, 9.17) is 16.3 Å². The lowest BCUT2D eigenvalue weighted by Gasteiger charge is -2.61. The van der Waals surface area contributed by atoms with Crippen molar-refractivity contribution in [2.45, 2.75) is 51.6 Å². The van der Waals surface area contributed by atoms with Gasteiger partial charge in [-0.1, -0.05) is 49.7 Å². The summed E-state index contributed by atoms with van der Waals surface area (Å²) >= 11 is 6.90. The Bertz CT molecular complexity index is 2380. The first-order chi connectivity index (χ1) is 24.6. The zero-order chi connectivity index (χ0) is 37.2. The van der Waals surface area contributed by atoms with E-state index >= 15 is 0 Å². The number of hydrogen-bond donors (Lipinski definition) is 3. The number of benzene rings is 2. The van der Waals surface area contributed by atoms with Gasteiger partial charge in [0.05, 0.1) is 33.5 Å². The smallest absolute Gasteiger partial charge is 0.421 e. The van der Waals surface area contributed by atoms with E-state index in [0.717, 1.165) is 19.3 Å². The van der Waals surface area contributed by atoms with Gasteiger partial charge in [-0.05, 0) is 71.9 Å². The SMILES string of the molecule is Cn1ccc2c(C(c3cn(C45CC(C4)C5)nn3)N(C(=O)OCOP(=O)(O)O)c3cc(Cl)c4nc(NCC(C)(C)C)c(C#N)cc4c3)cccc2c1=O. The lowest BCUT2D eigenvalue weighted by molar-refractivity contribution is -0.0989. The summed E-state index contributed by atoms with van der Waals surface area (Å²) in [5.74, 6) is 1.000. The molecule has 1 atom stereocenters. The summed E-state index contributed by atoms with van der Waals surface area (Å²) in [5.41, 5.74) is 1.08. The van der Waals surface area contributed by atoms with Gasteiger partial charge >= 0.3 is 13.9 Å². The molecule has 52 heavy (non-hydrogen) atoms. The van der Waals surface area contributed by atoms with Crippen LogP contribution in [0.15, 0.2) is 59.7 Å². The predicted molar refractivity (Wildman–Crippen MR) is 193 cm³/mol. The number of ether oxygens (including phenoxy) is 1. The second-order valence-electron chi connectivity index (χ2n) is 14.7. The average molecular weight is 747 g/mol. The van der Waals surface area contributed by atoms with Gasteiger partial charge in [0.25, 0.3) is 5.56 Å². The van der Waals surface area contributed by atoms with Crippen LogP contribution in [0.2, 0.25) is 5.02 Å². The topological polar surface area (TPSA) is 198 Å². The van der Waals surface area contributed by atoms with E-state index < -0.39 is 26.8 Å². The number of amides is 1. The lowest BCUT2D eigenvalue weighted by Crippen LogP contribution is -2.59. The van der Waals surface area contributed by atoms with Gasteiger partial charge in [-0.15, -0.1) is 5.10 Å². The average Bonchev–Trinajstić information content (AvgIpc) is 3.50. The minimum Gasteiger partial charge on any atom is -0.421 e. The third-order valence-electron chi connectivity index (χ3n) is 9.63. The third kappa shape index (κ3) is 6.64. The van der Waals surface area contributed by atoms with Crippen molar-refractivity contribution in [3.63, 3.8) is 0 Å². The second-order valence-corrected chi connectivity index (χ2v) is 16.3. The normalized spacial score (nSPS) is 18.7. The number of phosphoric ester groups is 1. The Morgan fingerprint density at radius 3 is 2.62 bits per heavy atom. The Hall–Kier alpha value is -4.84. The molecule has 270 valence electrons. The van der Waals surface area contributed by atoms with Crippen LogP contribution in [0.5, 0.6) is 0 Å². The van der Waals surface area contributed by atoms with Crippen molar-refractivity contribution in [2.75, 3.05) is 23.6 Å². The van der Waals surface area contributed by atoms with Gasteiger partial charge in [0.15, 0.2) is 0 Å². The zero-order valence-corrected chi connectivity index (χ0v) is 30.4. The molecule has 5 aromatic rings. The fourth-order valence-electron chi connectivity index (χ4n) is 6.93. The molecule has 1 amide bonds. The first-order valence-corrected chi connectivity index (χ1v) is 18.4. The van der Waals surface area contributed by atoms with Crippen LogP contribution < -0.4 is 15.8 Å². The summed E-state index contributed by atoms with van der Waals surface area (Å²) in [6.45, 7) is 5.59. The van der Waals surface area contributed by atoms with E-state index in [1.54, 1.807) is 55.8 Å². The Morgan fingerprint density at radius 2 is 1.96 bits per heavy atom. The maximum Gasteiger partial charge on any atom is 0.472 e. The minimum absolute atomic E-state index is 0.108. The van der Waals surface area contributed by atoms with Crippen molar-refractivity contribution in [1.82, 2.24) is 24.5 Å². The number of anilines is 2. The monoisotopic (exact) mass is 746 g/mol. The number of rotatable bonds is 10. The third-order valence-corrected chi connectivity index (χ3v) is 10.4.